The number of rotatable bonds is 6. The van der Waals surface area contributed by atoms with Crippen LogP contribution in [0, 0.1) is 0 Å². The number of hydrogen-bond acceptors (Lipinski definition) is 5. The summed E-state index contributed by atoms with van der Waals surface area (Å²) in [5, 5.41) is 5.62. The van der Waals surface area contributed by atoms with E-state index in [0.717, 1.165) is 39.1 Å². The zero-order valence-electron chi connectivity index (χ0n) is 20.8. The molecule has 2 N–H and O–H groups in total. The van der Waals surface area contributed by atoms with Gasteiger partial charge in [0.1, 0.15) is 0 Å². The molecule has 0 radical (unpaired) electrons. The van der Waals surface area contributed by atoms with Crippen LogP contribution in [0.3, 0.4) is 0 Å². The zero-order chi connectivity index (χ0) is 24.2. The van der Waals surface area contributed by atoms with E-state index in [1.54, 1.807) is 0 Å². The number of fused-ring (bicyclic) bond motifs is 1. The van der Waals surface area contributed by atoms with Crippen molar-refractivity contribution in [3.8, 4) is 0 Å². The van der Waals surface area contributed by atoms with Gasteiger partial charge in [-0.3, -0.25) is 14.5 Å². The fourth-order valence-corrected chi connectivity index (χ4v) is 4.79. The van der Waals surface area contributed by atoms with Crippen LogP contribution < -0.4 is 15.5 Å². The van der Waals surface area contributed by atoms with Gasteiger partial charge in [-0.15, -0.1) is 0 Å². The summed E-state index contributed by atoms with van der Waals surface area (Å²) in [5.74, 6) is -0.822. The summed E-state index contributed by atoms with van der Waals surface area (Å²) in [6, 6.07) is 14.3. The highest BCUT2D eigenvalue weighted by Gasteiger charge is 2.27. The maximum absolute atomic E-state index is 12.7. The first-order valence-corrected chi connectivity index (χ1v) is 12.3. The maximum Gasteiger partial charge on any atom is 0.313 e. The number of likely N-dealkylation sites (N-methyl/N-ethyl adjacent to an activating group) is 2. The largest absolute Gasteiger partial charge is 0.374 e. The number of piperazine rings is 1. The van der Waals surface area contributed by atoms with Crippen LogP contribution in [0.1, 0.15) is 42.5 Å². The van der Waals surface area contributed by atoms with Crippen LogP contribution in [0.5, 0.6) is 0 Å². The first kappa shape index (κ1) is 24.2. The average molecular weight is 464 g/mol. The smallest absolute Gasteiger partial charge is 0.313 e. The molecule has 7 heteroatoms. The van der Waals surface area contributed by atoms with Gasteiger partial charge in [0.05, 0.1) is 6.04 Å². The van der Waals surface area contributed by atoms with E-state index in [1.807, 2.05) is 24.3 Å². The molecule has 2 amide bonds. The molecule has 1 saturated heterocycles. The molecule has 4 rings (SSSR count). The van der Waals surface area contributed by atoms with Gasteiger partial charge in [-0.05, 0) is 54.3 Å². The lowest BCUT2D eigenvalue weighted by atomic mass is 10.00. The van der Waals surface area contributed by atoms with Crippen LogP contribution >= 0.6 is 0 Å². The zero-order valence-corrected chi connectivity index (χ0v) is 20.8. The van der Waals surface area contributed by atoms with Crippen molar-refractivity contribution in [1.29, 1.82) is 0 Å². The Morgan fingerprint density at radius 2 is 1.56 bits per heavy atom. The summed E-state index contributed by atoms with van der Waals surface area (Å²) in [7, 11) is 4.26. The van der Waals surface area contributed by atoms with E-state index in [9.17, 15) is 9.59 Å². The molecule has 0 bridgehead atoms. The van der Waals surface area contributed by atoms with Crippen molar-refractivity contribution < 1.29 is 9.59 Å². The van der Waals surface area contributed by atoms with Gasteiger partial charge in [-0.1, -0.05) is 38.1 Å². The number of benzene rings is 2. The third kappa shape index (κ3) is 5.59. The van der Waals surface area contributed by atoms with Gasteiger partial charge in [0, 0.05) is 57.7 Å². The molecule has 34 heavy (non-hydrogen) atoms. The third-order valence-electron chi connectivity index (χ3n) is 7.09. The molecular weight excluding hydrogens is 426 g/mol. The van der Waals surface area contributed by atoms with Crippen LogP contribution in [0.4, 0.5) is 11.4 Å². The Morgan fingerprint density at radius 1 is 0.882 bits per heavy atom. The van der Waals surface area contributed by atoms with Crippen LogP contribution in [-0.2, 0) is 16.0 Å². The maximum atomic E-state index is 12.7. The van der Waals surface area contributed by atoms with Gasteiger partial charge >= 0.3 is 11.8 Å². The fourth-order valence-electron chi connectivity index (χ4n) is 4.79. The molecule has 0 aliphatic carbocycles. The van der Waals surface area contributed by atoms with E-state index in [2.05, 4.69) is 71.5 Å². The fraction of sp³-hybridized carbons (Fsp3) is 0.481. The number of nitrogens with zero attached hydrogens (tertiary/aromatic N) is 3. The number of hydrogen-bond donors (Lipinski definition) is 2. The lowest BCUT2D eigenvalue weighted by Crippen LogP contribution is -2.49. The number of anilines is 2. The summed E-state index contributed by atoms with van der Waals surface area (Å²) >= 11 is 0. The van der Waals surface area contributed by atoms with Gasteiger partial charge in [0.25, 0.3) is 0 Å². The van der Waals surface area contributed by atoms with Gasteiger partial charge in [-0.25, -0.2) is 0 Å². The second-order valence-electron chi connectivity index (χ2n) is 9.86. The molecule has 0 saturated carbocycles. The van der Waals surface area contributed by atoms with Crippen LogP contribution in [0.2, 0.25) is 0 Å². The lowest BCUT2D eigenvalue weighted by molar-refractivity contribution is -0.136. The monoisotopic (exact) mass is 463 g/mol. The second-order valence-corrected chi connectivity index (χ2v) is 9.86. The SMILES string of the molecule is CC(C)c1ccc(NC(=O)C(=O)NC[C@H](c2ccc3c(c2)CCN3C)N2CCN(C)CC2)cc1. The van der Waals surface area contributed by atoms with E-state index in [4.69, 9.17) is 0 Å². The van der Waals surface area contributed by atoms with E-state index in [0.29, 0.717) is 18.2 Å². The quantitative estimate of drug-likeness (QED) is 0.645. The lowest BCUT2D eigenvalue weighted by Gasteiger charge is -2.38. The van der Waals surface area contributed by atoms with Crippen molar-refractivity contribution in [2.45, 2.75) is 32.2 Å². The first-order chi connectivity index (χ1) is 16.3. The van der Waals surface area contributed by atoms with Crippen LogP contribution in [0.25, 0.3) is 0 Å². The van der Waals surface area contributed by atoms with Gasteiger partial charge in [-0.2, -0.15) is 0 Å². The molecule has 0 aromatic heterocycles. The Morgan fingerprint density at radius 3 is 2.24 bits per heavy atom. The molecule has 0 spiro atoms. The van der Waals surface area contributed by atoms with E-state index in [-0.39, 0.29) is 6.04 Å². The molecule has 2 aromatic carbocycles. The van der Waals surface area contributed by atoms with Crippen molar-refractivity contribution in [1.82, 2.24) is 15.1 Å². The topological polar surface area (TPSA) is 67.9 Å². The Balaban J connectivity index is 1.43. The van der Waals surface area contributed by atoms with Crippen molar-refractivity contribution in [3.63, 3.8) is 0 Å². The van der Waals surface area contributed by atoms with Gasteiger partial charge in [0.15, 0.2) is 0 Å². The third-order valence-corrected chi connectivity index (χ3v) is 7.09. The van der Waals surface area contributed by atoms with Crippen molar-refractivity contribution >= 4 is 23.2 Å². The minimum atomic E-state index is -0.634. The molecule has 1 fully saturated rings. The molecule has 2 aliphatic rings. The molecule has 2 aromatic rings. The van der Waals surface area contributed by atoms with Gasteiger partial charge < -0.3 is 20.4 Å². The van der Waals surface area contributed by atoms with E-state index in [1.165, 1.54) is 22.4 Å². The number of nitrogens with one attached hydrogen (secondary N) is 2. The van der Waals surface area contributed by atoms with Crippen LogP contribution in [0.15, 0.2) is 42.5 Å². The second kappa shape index (κ2) is 10.6. The van der Waals surface area contributed by atoms with Crippen LogP contribution in [-0.4, -0.2) is 75.0 Å². The van der Waals surface area contributed by atoms with E-state index >= 15 is 0 Å². The van der Waals surface area contributed by atoms with Crippen molar-refractivity contribution in [3.05, 3.63) is 59.2 Å². The highest BCUT2D eigenvalue weighted by molar-refractivity contribution is 6.39. The Kier molecular flexibility index (Phi) is 7.54. The Hall–Kier alpha value is -2.90. The summed E-state index contributed by atoms with van der Waals surface area (Å²) in [6.07, 6.45) is 1.04. The molecular formula is C27H37N5O2. The molecule has 2 heterocycles. The highest BCUT2D eigenvalue weighted by Crippen LogP contribution is 2.31. The summed E-state index contributed by atoms with van der Waals surface area (Å²) in [6.45, 7) is 9.53. The predicted molar refractivity (Wildman–Crippen MR) is 137 cm³/mol. The van der Waals surface area contributed by atoms with Gasteiger partial charge in [0.2, 0.25) is 0 Å². The molecule has 7 nitrogen and oxygen atoms in total. The summed E-state index contributed by atoms with van der Waals surface area (Å²) < 4.78 is 0. The summed E-state index contributed by atoms with van der Waals surface area (Å²) in [4.78, 5) is 32.2. The number of carbonyl (C=O) groups is 2. The molecule has 1 atom stereocenters. The average Bonchev–Trinajstić information content (AvgIpc) is 3.20. The summed E-state index contributed by atoms with van der Waals surface area (Å²) in [5.41, 5.74) is 5.66. The van der Waals surface area contributed by atoms with Crippen molar-refractivity contribution in [2.24, 2.45) is 0 Å². The highest BCUT2D eigenvalue weighted by atomic mass is 16.2. The molecule has 182 valence electrons. The Labute approximate surface area is 203 Å². The Bertz CT molecular complexity index is 1010. The minimum Gasteiger partial charge on any atom is -0.374 e. The normalized spacial score (nSPS) is 17.5. The van der Waals surface area contributed by atoms with Crippen molar-refractivity contribution in [2.75, 3.05) is 63.6 Å². The number of amides is 2. The van der Waals surface area contributed by atoms with E-state index < -0.39 is 11.8 Å². The first-order valence-electron chi connectivity index (χ1n) is 12.3. The minimum absolute atomic E-state index is 0.0342. The standard InChI is InChI=1S/C27H37N5O2/c1-19(2)20-5-8-23(9-6-20)29-27(34)26(33)28-18-25(32-15-13-30(3)14-16-32)21-7-10-24-22(17-21)11-12-31(24)4/h5-10,17,19,25H,11-16,18H2,1-4H3,(H,28,33)(H,29,34)/t25-/m1/s1. The molecule has 0 unspecified atom stereocenters. The number of carbonyl (C=O) groups excluding carboxylic acids is 2. The predicted octanol–water partition coefficient (Wildman–Crippen LogP) is 2.85. The molecule has 2 aliphatic heterocycles.